The van der Waals surface area contributed by atoms with Crippen molar-refractivity contribution in [2.24, 2.45) is 0 Å². The van der Waals surface area contributed by atoms with Gasteiger partial charge < -0.3 is 10.1 Å². The van der Waals surface area contributed by atoms with Crippen LogP contribution in [0.4, 0.5) is 0 Å². The number of para-hydroxylation sites is 1. The number of benzene rings is 1. The Morgan fingerprint density at radius 3 is 2.84 bits per heavy atom. The van der Waals surface area contributed by atoms with E-state index in [0.29, 0.717) is 12.3 Å². The van der Waals surface area contributed by atoms with Crippen LogP contribution in [0.3, 0.4) is 0 Å². The van der Waals surface area contributed by atoms with Crippen LogP contribution in [0.2, 0.25) is 0 Å². The number of amides is 1. The van der Waals surface area contributed by atoms with Crippen LogP contribution in [0.25, 0.3) is 5.69 Å². The largest absolute Gasteiger partial charge is 0.383 e. The Morgan fingerprint density at radius 1 is 1.42 bits per heavy atom. The topological polar surface area (TPSA) is 56.1 Å². The third-order valence-corrected chi connectivity index (χ3v) is 2.70. The number of methoxy groups -OCH3 is 1. The van der Waals surface area contributed by atoms with E-state index in [2.05, 4.69) is 10.3 Å². The van der Waals surface area contributed by atoms with Gasteiger partial charge in [0.25, 0.3) is 5.91 Å². The Morgan fingerprint density at radius 2 is 2.16 bits per heavy atom. The predicted molar refractivity (Wildman–Crippen MR) is 72.4 cm³/mol. The highest BCUT2D eigenvalue weighted by atomic mass is 16.5. The summed E-state index contributed by atoms with van der Waals surface area (Å²) in [5.74, 6) is -0.161. The molecule has 1 heterocycles. The van der Waals surface area contributed by atoms with Crippen LogP contribution in [-0.2, 0) is 4.74 Å². The fourth-order valence-corrected chi connectivity index (χ4v) is 1.85. The van der Waals surface area contributed by atoms with Crippen LogP contribution in [-0.4, -0.2) is 35.2 Å². The van der Waals surface area contributed by atoms with Gasteiger partial charge in [-0.1, -0.05) is 18.2 Å². The normalized spacial score (nSPS) is 12.1. The van der Waals surface area contributed by atoms with Gasteiger partial charge >= 0.3 is 0 Å². The van der Waals surface area contributed by atoms with E-state index in [0.717, 1.165) is 5.69 Å². The average Bonchev–Trinajstić information content (AvgIpc) is 2.89. The van der Waals surface area contributed by atoms with E-state index in [4.69, 9.17) is 4.74 Å². The van der Waals surface area contributed by atoms with E-state index in [-0.39, 0.29) is 11.9 Å². The molecule has 2 rings (SSSR count). The maximum Gasteiger partial charge on any atom is 0.270 e. The van der Waals surface area contributed by atoms with E-state index >= 15 is 0 Å². The summed E-state index contributed by atoms with van der Waals surface area (Å²) < 4.78 is 6.76. The Hall–Kier alpha value is -2.14. The first-order valence-corrected chi connectivity index (χ1v) is 6.10. The zero-order chi connectivity index (χ0) is 13.7. The lowest BCUT2D eigenvalue weighted by atomic mass is 10.3. The van der Waals surface area contributed by atoms with Gasteiger partial charge in [-0.15, -0.1) is 0 Å². The summed E-state index contributed by atoms with van der Waals surface area (Å²) in [7, 11) is 1.61. The second kappa shape index (κ2) is 6.15. The number of nitrogens with zero attached hydrogens (tertiary/aromatic N) is 2. The molecule has 1 amide bonds. The van der Waals surface area contributed by atoms with Gasteiger partial charge in [-0.25, -0.2) is 4.98 Å². The van der Waals surface area contributed by atoms with Gasteiger partial charge in [-0.3, -0.25) is 9.36 Å². The molecule has 0 saturated carbocycles. The van der Waals surface area contributed by atoms with Crippen LogP contribution < -0.4 is 5.32 Å². The third-order valence-electron chi connectivity index (χ3n) is 2.70. The number of carbonyl (C=O) groups excluding carboxylic acids is 1. The summed E-state index contributed by atoms with van der Waals surface area (Å²) in [6, 6.07) is 9.58. The molecule has 100 valence electrons. The van der Waals surface area contributed by atoms with Gasteiger partial charge in [-0.2, -0.15) is 0 Å². The molecule has 1 aromatic carbocycles. The molecule has 0 aliphatic rings. The number of aromatic nitrogens is 2. The molecule has 5 nitrogen and oxygen atoms in total. The van der Waals surface area contributed by atoms with Gasteiger partial charge in [0.05, 0.1) is 19.1 Å². The molecule has 0 spiro atoms. The zero-order valence-electron chi connectivity index (χ0n) is 11.0. The number of carbonyl (C=O) groups is 1. The minimum Gasteiger partial charge on any atom is -0.383 e. The van der Waals surface area contributed by atoms with E-state index in [9.17, 15) is 4.79 Å². The number of hydrogen-bond acceptors (Lipinski definition) is 3. The molecule has 0 saturated heterocycles. The highest BCUT2D eigenvalue weighted by molar-refractivity contribution is 5.93. The van der Waals surface area contributed by atoms with Gasteiger partial charge in [0, 0.05) is 18.8 Å². The number of rotatable bonds is 5. The molecule has 1 atom stereocenters. The van der Waals surface area contributed by atoms with Crippen molar-refractivity contribution in [3.8, 4) is 5.69 Å². The van der Waals surface area contributed by atoms with Crippen molar-refractivity contribution in [3.63, 3.8) is 0 Å². The third kappa shape index (κ3) is 3.20. The summed E-state index contributed by atoms with van der Waals surface area (Å²) in [4.78, 5) is 16.2. The molecule has 1 unspecified atom stereocenters. The molecular weight excluding hydrogens is 242 g/mol. The van der Waals surface area contributed by atoms with Gasteiger partial charge in [0.1, 0.15) is 5.69 Å². The predicted octanol–water partition coefficient (Wildman–Crippen LogP) is 1.64. The van der Waals surface area contributed by atoms with Crippen LogP contribution in [0.5, 0.6) is 0 Å². The number of nitrogens with one attached hydrogen (secondary N) is 1. The van der Waals surface area contributed by atoms with Gasteiger partial charge in [-0.05, 0) is 19.1 Å². The molecule has 2 aromatic rings. The highest BCUT2D eigenvalue weighted by Gasteiger charge is 2.14. The molecule has 0 aliphatic carbocycles. The van der Waals surface area contributed by atoms with Crippen molar-refractivity contribution in [2.45, 2.75) is 13.0 Å². The molecule has 0 fully saturated rings. The lowest BCUT2D eigenvalue weighted by Crippen LogP contribution is -2.36. The summed E-state index contributed by atoms with van der Waals surface area (Å²) in [5, 5.41) is 2.87. The number of hydrogen-bond donors (Lipinski definition) is 1. The molecule has 5 heteroatoms. The van der Waals surface area contributed by atoms with Crippen LogP contribution >= 0.6 is 0 Å². The summed E-state index contributed by atoms with van der Waals surface area (Å²) in [6.07, 6.45) is 3.19. The Labute approximate surface area is 112 Å². The lowest BCUT2D eigenvalue weighted by Gasteiger charge is -2.13. The first-order chi connectivity index (χ1) is 9.22. The lowest BCUT2D eigenvalue weighted by molar-refractivity contribution is 0.0899. The highest BCUT2D eigenvalue weighted by Crippen LogP contribution is 2.10. The Bertz CT molecular complexity index is 537. The maximum absolute atomic E-state index is 12.2. The first-order valence-electron chi connectivity index (χ1n) is 6.10. The van der Waals surface area contributed by atoms with Gasteiger partial charge in [0.2, 0.25) is 0 Å². The number of imidazole rings is 1. The van der Waals surface area contributed by atoms with Crippen LogP contribution in [0.15, 0.2) is 42.9 Å². The Balaban J connectivity index is 2.18. The smallest absolute Gasteiger partial charge is 0.270 e. The number of ether oxygens (including phenoxy) is 1. The van der Waals surface area contributed by atoms with Crippen LogP contribution in [0.1, 0.15) is 17.4 Å². The standard InChI is InChI=1S/C14H17N3O2/c1-11(9-19-2)16-14(18)13-8-15-10-17(13)12-6-4-3-5-7-12/h3-8,10-11H,9H2,1-2H3,(H,16,18). The van der Waals surface area contributed by atoms with Gasteiger partial charge in [0.15, 0.2) is 0 Å². The van der Waals surface area contributed by atoms with Crippen molar-refractivity contribution >= 4 is 5.91 Å². The van der Waals surface area contributed by atoms with E-state index in [1.165, 1.54) is 0 Å². The molecular formula is C14H17N3O2. The van der Waals surface area contributed by atoms with Crippen molar-refractivity contribution in [2.75, 3.05) is 13.7 Å². The zero-order valence-corrected chi connectivity index (χ0v) is 11.0. The molecule has 1 aromatic heterocycles. The molecule has 19 heavy (non-hydrogen) atoms. The minimum atomic E-state index is -0.161. The maximum atomic E-state index is 12.2. The van der Waals surface area contributed by atoms with E-state index in [1.54, 1.807) is 24.2 Å². The SMILES string of the molecule is COCC(C)NC(=O)c1cncn1-c1ccccc1. The first kappa shape index (κ1) is 13.3. The second-order valence-electron chi connectivity index (χ2n) is 4.31. The van der Waals surface area contributed by atoms with E-state index in [1.807, 2.05) is 37.3 Å². The summed E-state index contributed by atoms with van der Waals surface area (Å²) in [6.45, 7) is 2.37. The van der Waals surface area contributed by atoms with Crippen molar-refractivity contribution in [1.82, 2.24) is 14.9 Å². The fraction of sp³-hybridized carbons (Fsp3) is 0.286. The summed E-state index contributed by atoms with van der Waals surface area (Å²) in [5.41, 5.74) is 1.42. The van der Waals surface area contributed by atoms with Crippen molar-refractivity contribution in [3.05, 3.63) is 48.5 Å². The summed E-state index contributed by atoms with van der Waals surface area (Å²) >= 11 is 0. The van der Waals surface area contributed by atoms with Crippen molar-refractivity contribution in [1.29, 1.82) is 0 Å². The quantitative estimate of drug-likeness (QED) is 0.888. The minimum absolute atomic E-state index is 0.0448. The molecule has 0 bridgehead atoms. The van der Waals surface area contributed by atoms with Crippen molar-refractivity contribution < 1.29 is 9.53 Å². The average molecular weight is 259 g/mol. The fourth-order valence-electron chi connectivity index (χ4n) is 1.85. The molecule has 0 radical (unpaired) electrons. The van der Waals surface area contributed by atoms with Crippen LogP contribution in [0, 0.1) is 0 Å². The monoisotopic (exact) mass is 259 g/mol. The second-order valence-corrected chi connectivity index (χ2v) is 4.31. The molecule has 0 aliphatic heterocycles. The molecule has 1 N–H and O–H groups in total. The van der Waals surface area contributed by atoms with E-state index < -0.39 is 0 Å². The Kier molecular flexibility index (Phi) is 4.30.